The van der Waals surface area contributed by atoms with Gasteiger partial charge in [0.25, 0.3) is 0 Å². The molecule has 2 aromatic rings. The number of carboxylic acid groups (broad SMARTS) is 1. The quantitative estimate of drug-likeness (QED) is 0.872. The van der Waals surface area contributed by atoms with E-state index in [4.69, 9.17) is 0 Å². The van der Waals surface area contributed by atoms with E-state index >= 15 is 0 Å². The predicted molar refractivity (Wildman–Crippen MR) is 76.4 cm³/mol. The molecule has 106 valence electrons. The largest absolute Gasteiger partial charge is 0.476 e. The number of aromatic carboxylic acids is 1. The van der Waals surface area contributed by atoms with Crippen molar-refractivity contribution in [1.29, 1.82) is 0 Å². The second-order valence-corrected chi connectivity index (χ2v) is 5.54. The summed E-state index contributed by atoms with van der Waals surface area (Å²) in [5.41, 5.74) is 4.32. The summed E-state index contributed by atoms with van der Waals surface area (Å²) < 4.78 is 0. The van der Waals surface area contributed by atoms with E-state index in [9.17, 15) is 9.90 Å². The number of carboxylic acids is 1. The Kier molecular flexibility index (Phi) is 2.75. The number of hydrogen-bond donors (Lipinski definition) is 2. The van der Waals surface area contributed by atoms with Gasteiger partial charge in [0.05, 0.1) is 5.69 Å². The third-order valence-corrected chi connectivity index (χ3v) is 4.32. The molecule has 1 aromatic carbocycles. The fourth-order valence-electron chi connectivity index (χ4n) is 3.18. The van der Waals surface area contributed by atoms with Crippen molar-refractivity contribution in [2.75, 3.05) is 6.54 Å². The number of rotatable bonds is 2. The van der Waals surface area contributed by atoms with Crippen LogP contribution in [-0.2, 0) is 19.4 Å². The summed E-state index contributed by atoms with van der Waals surface area (Å²) in [5, 5.41) is 12.6. The third kappa shape index (κ3) is 1.93. The third-order valence-electron chi connectivity index (χ3n) is 4.32. The van der Waals surface area contributed by atoms with Gasteiger partial charge in [-0.05, 0) is 17.5 Å². The molecule has 0 bridgehead atoms. The molecule has 0 amide bonds. The van der Waals surface area contributed by atoms with E-state index in [1.54, 1.807) is 0 Å². The number of nitrogens with one attached hydrogen (secondary N) is 1. The first-order chi connectivity index (χ1) is 10.2. The molecule has 2 N–H and O–H groups in total. The molecule has 0 saturated heterocycles. The van der Waals surface area contributed by atoms with Crippen molar-refractivity contribution >= 4 is 5.97 Å². The van der Waals surface area contributed by atoms with Gasteiger partial charge in [0.2, 0.25) is 0 Å². The minimum atomic E-state index is -0.966. The van der Waals surface area contributed by atoms with Gasteiger partial charge in [-0.25, -0.2) is 14.8 Å². The molecule has 0 spiro atoms. The Hall–Kier alpha value is -2.27. The number of aromatic nitrogens is 2. The average molecular weight is 281 g/mol. The maximum Gasteiger partial charge on any atom is 0.354 e. The summed E-state index contributed by atoms with van der Waals surface area (Å²) in [6.45, 7) is 1.38. The maximum atomic E-state index is 11.5. The molecule has 2 heterocycles. The lowest BCUT2D eigenvalue weighted by Crippen LogP contribution is -2.30. The number of hydrogen-bond acceptors (Lipinski definition) is 4. The minimum absolute atomic E-state index is 0.138. The summed E-state index contributed by atoms with van der Waals surface area (Å²) >= 11 is 0. The summed E-state index contributed by atoms with van der Waals surface area (Å²) in [6, 6.07) is 8.21. The molecule has 1 unspecified atom stereocenters. The van der Waals surface area contributed by atoms with Gasteiger partial charge in [-0.15, -0.1) is 0 Å². The minimum Gasteiger partial charge on any atom is -0.476 e. The van der Waals surface area contributed by atoms with E-state index in [2.05, 4.69) is 27.4 Å². The SMILES string of the molecule is O=C(O)c1nc(C2Cc3ccccc32)nc2c1CNCC2. The second kappa shape index (κ2) is 4.63. The van der Waals surface area contributed by atoms with E-state index in [0.29, 0.717) is 12.4 Å². The van der Waals surface area contributed by atoms with Crippen LogP contribution < -0.4 is 5.32 Å². The van der Waals surface area contributed by atoms with E-state index in [1.807, 2.05) is 12.1 Å². The second-order valence-electron chi connectivity index (χ2n) is 5.54. The molecule has 4 rings (SSSR count). The van der Waals surface area contributed by atoms with E-state index in [0.717, 1.165) is 30.6 Å². The highest BCUT2D eigenvalue weighted by Crippen LogP contribution is 2.38. The standard InChI is InChI=1S/C16H15N3O2/c20-16(21)14-12-8-17-6-5-13(12)18-15(19-14)11-7-9-3-1-2-4-10(9)11/h1-4,11,17H,5-8H2,(H,20,21). The van der Waals surface area contributed by atoms with Crippen LogP contribution in [0.4, 0.5) is 0 Å². The highest BCUT2D eigenvalue weighted by atomic mass is 16.4. The lowest BCUT2D eigenvalue weighted by atomic mass is 9.77. The van der Waals surface area contributed by atoms with Gasteiger partial charge < -0.3 is 10.4 Å². The van der Waals surface area contributed by atoms with Gasteiger partial charge in [0, 0.05) is 31.0 Å². The molecule has 1 atom stereocenters. The van der Waals surface area contributed by atoms with Gasteiger partial charge in [-0.2, -0.15) is 0 Å². The topological polar surface area (TPSA) is 75.1 Å². The summed E-state index contributed by atoms with van der Waals surface area (Å²) in [6.07, 6.45) is 1.66. The molecule has 1 aliphatic carbocycles. The van der Waals surface area contributed by atoms with Crippen LogP contribution in [0.2, 0.25) is 0 Å². The Labute approximate surface area is 122 Å². The molecule has 5 nitrogen and oxygen atoms in total. The smallest absolute Gasteiger partial charge is 0.354 e. The summed E-state index contributed by atoms with van der Waals surface area (Å²) in [7, 11) is 0. The monoisotopic (exact) mass is 281 g/mol. The lowest BCUT2D eigenvalue weighted by Gasteiger charge is -2.30. The molecular weight excluding hydrogens is 266 g/mol. The van der Waals surface area contributed by atoms with Gasteiger partial charge in [-0.3, -0.25) is 0 Å². The molecule has 1 aliphatic heterocycles. The van der Waals surface area contributed by atoms with Crippen molar-refractivity contribution in [3.8, 4) is 0 Å². The Morgan fingerprint density at radius 1 is 1.29 bits per heavy atom. The highest BCUT2D eigenvalue weighted by molar-refractivity contribution is 5.87. The van der Waals surface area contributed by atoms with Crippen LogP contribution in [0.15, 0.2) is 24.3 Å². The fourth-order valence-corrected chi connectivity index (χ4v) is 3.18. The van der Waals surface area contributed by atoms with Crippen LogP contribution in [-0.4, -0.2) is 27.6 Å². The highest BCUT2D eigenvalue weighted by Gasteiger charge is 2.32. The van der Waals surface area contributed by atoms with Gasteiger partial charge in [0.15, 0.2) is 5.69 Å². The molecule has 0 saturated carbocycles. The zero-order chi connectivity index (χ0) is 14.4. The van der Waals surface area contributed by atoms with E-state index in [-0.39, 0.29) is 11.6 Å². The van der Waals surface area contributed by atoms with Crippen molar-refractivity contribution in [3.05, 3.63) is 58.2 Å². The fraction of sp³-hybridized carbons (Fsp3) is 0.312. The Morgan fingerprint density at radius 2 is 2.14 bits per heavy atom. The van der Waals surface area contributed by atoms with Gasteiger partial charge in [0.1, 0.15) is 5.82 Å². The number of fused-ring (bicyclic) bond motifs is 2. The van der Waals surface area contributed by atoms with Crippen LogP contribution in [0.1, 0.15) is 44.6 Å². The van der Waals surface area contributed by atoms with Crippen molar-refractivity contribution in [2.45, 2.75) is 25.3 Å². The summed E-state index contributed by atoms with van der Waals surface area (Å²) in [4.78, 5) is 20.5. The zero-order valence-corrected chi connectivity index (χ0v) is 11.5. The van der Waals surface area contributed by atoms with Crippen LogP contribution in [0.5, 0.6) is 0 Å². The van der Waals surface area contributed by atoms with E-state index < -0.39 is 5.97 Å². The van der Waals surface area contributed by atoms with Crippen LogP contribution in [0, 0.1) is 0 Å². The molecule has 2 aliphatic rings. The van der Waals surface area contributed by atoms with Crippen molar-refractivity contribution in [3.63, 3.8) is 0 Å². The lowest BCUT2D eigenvalue weighted by molar-refractivity contribution is 0.0687. The Bertz CT molecular complexity index is 742. The van der Waals surface area contributed by atoms with E-state index in [1.165, 1.54) is 11.1 Å². The number of nitrogens with zero attached hydrogens (tertiary/aromatic N) is 2. The molecule has 1 aromatic heterocycles. The first-order valence-electron chi connectivity index (χ1n) is 7.15. The first kappa shape index (κ1) is 12.5. The first-order valence-corrected chi connectivity index (χ1v) is 7.15. The van der Waals surface area contributed by atoms with Crippen LogP contribution in [0.25, 0.3) is 0 Å². The van der Waals surface area contributed by atoms with Gasteiger partial charge >= 0.3 is 5.97 Å². The normalized spacial score (nSPS) is 19.3. The molecule has 21 heavy (non-hydrogen) atoms. The number of benzene rings is 1. The zero-order valence-electron chi connectivity index (χ0n) is 11.5. The van der Waals surface area contributed by atoms with Crippen molar-refractivity contribution < 1.29 is 9.90 Å². The molecule has 5 heteroatoms. The number of carbonyl (C=O) groups is 1. The van der Waals surface area contributed by atoms with Gasteiger partial charge in [-0.1, -0.05) is 24.3 Å². The van der Waals surface area contributed by atoms with Crippen molar-refractivity contribution in [1.82, 2.24) is 15.3 Å². The molecule has 0 fully saturated rings. The molecule has 0 radical (unpaired) electrons. The maximum absolute atomic E-state index is 11.5. The summed E-state index contributed by atoms with van der Waals surface area (Å²) in [5.74, 6) is -0.169. The molecular formula is C16H15N3O2. The Morgan fingerprint density at radius 3 is 2.95 bits per heavy atom. The Balaban J connectivity index is 1.81. The predicted octanol–water partition coefficient (Wildman–Crippen LogP) is 1.51. The van der Waals surface area contributed by atoms with Crippen LogP contribution >= 0.6 is 0 Å². The van der Waals surface area contributed by atoms with Crippen molar-refractivity contribution in [2.24, 2.45) is 0 Å². The average Bonchev–Trinajstić information content (AvgIpc) is 2.47. The van der Waals surface area contributed by atoms with Crippen LogP contribution in [0.3, 0.4) is 0 Å².